The number of alkyl halides is 1. The van der Waals surface area contributed by atoms with E-state index in [1.165, 1.54) is 0 Å². The van der Waals surface area contributed by atoms with Crippen molar-refractivity contribution in [3.63, 3.8) is 0 Å². The molecule has 1 saturated heterocycles. The molecule has 5 nitrogen and oxygen atoms in total. The Morgan fingerprint density at radius 1 is 1.45 bits per heavy atom. The van der Waals surface area contributed by atoms with Gasteiger partial charge in [0.15, 0.2) is 0 Å². The van der Waals surface area contributed by atoms with Gasteiger partial charge in [-0.1, -0.05) is 0 Å². The quantitative estimate of drug-likeness (QED) is 0.848. The highest BCUT2D eigenvalue weighted by molar-refractivity contribution is 5.96. The minimum atomic E-state index is -0.597. The lowest BCUT2D eigenvalue weighted by Gasteiger charge is -2.27. The van der Waals surface area contributed by atoms with Crippen LogP contribution in [0.1, 0.15) is 15.9 Å². The van der Waals surface area contributed by atoms with E-state index in [4.69, 9.17) is 15.2 Å². The molecule has 1 aromatic rings. The number of ether oxygens (including phenoxy) is 2. The SMILES string of the molecule is Cc1cc(N)c(OCCF)cc1C(=O)N1CCOCC1. The lowest BCUT2D eigenvalue weighted by Crippen LogP contribution is -2.41. The maximum Gasteiger partial charge on any atom is 0.254 e. The zero-order valence-electron chi connectivity index (χ0n) is 11.5. The number of hydrogen-bond acceptors (Lipinski definition) is 4. The summed E-state index contributed by atoms with van der Waals surface area (Å²) in [5, 5.41) is 0. The molecule has 1 fully saturated rings. The van der Waals surface area contributed by atoms with Crippen LogP contribution in [0.15, 0.2) is 12.1 Å². The third-order valence-electron chi connectivity index (χ3n) is 3.22. The average Bonchev–Trinajstić information content (AvgIpc) is 2.47. The molecule has 2 rings (SSSR count). The molecular weight excluding hydrogens is 263 g/mol. The van der Waals surface area contributed by atoms with E-state index in [0.29, 0.717) is 43.3 Å². The van der Waals surface area contributed by atoms with Gasteiger partial charge in [-0.15, -0.1) is 0 Å². The number of nitrogens with two attached hydrogens (primary N) is 1. The van der Waals surface area contributed by atoms with Gasteiger partial charge < -0.3 is 20.1 Å². The highest BCUT2D eigenvalue weighted by Crippen LogP contribution is 2.27. The Morgan fingerprint density at radius 3 is 2.80 bits per heavy atom. The Morgan fingerprint density at radius 2 is 2.15 bits per heavy atom. The summed E-state index contributed by atoms with van der Waals surface area (Å²) in [7, 11) is 0. The molecule has 0 saturated carbocycles. The van der Waals surface area contributed by atoms with Crippen molar-refractivity contribution in [2.45, 2.75) is 6.92 Å². The van der Waals surface area contributed by atoms with Crippen LogP contribution in [0.4, 0.5) is 10.1 Å². The fraction of sp³-hybridized carbons (Fsp3) is 0.500. The first-order chi connectivity index (χ1) is 9.63. The highest BCUT2D eigenvalue weighted by Gasteiger charge is 2.21. The average molecular weight is 282 g/mol. The number of morpholine rings is 1. The van der Waals surface area contributed by atoms with E-state index in [9.17, 15) is 9.18 Å². The molecule has 6 heteroatoms. The third-order valence-corrected chi connectivity index (χ3v) is 3.22. The van der Waals surface area contributed by atoms with Gasteiger partial charge >= 0.3 is 0 Å². The summed E-state index contributed by atoms with van der Waals surface area (Å²) in [6, 6.07) is 3.28. The fourth-order valence-electron chi connectivity index (χ4n) is 2.15. The Kier molecular flexibility index (Phi) is 4.79. The Labute approximate surface area is 117 Å². The number of benzene rings is 1. The number of nitrogen functional groups attached to an aromatic ring is 1. The molecule has 0 unspecified atom stereocenters. The summed E-state index contributed by atoms with van der Waals surface area (Å²) in [6.45, 7) is 3.39. The number of rotatable bonds is 4. The summed E-state index contributed by atoms with van der Waals surface area (Å²) >= 11 is 0. The topological polar surface area (TPSA) is 64.8 Å². The molecule has 2 N–H and O–H groups in total. The summed E-state index contributed by atoms with van der Waals surface area (Å²) in [5.41, 5.74) is 7.55. The molecule has 0 spiro atoms. The summed E-state index contributed by atoms with van der Waals surface area (Å²) < 4.78 is 22.6. The number of hydrogen-bond donors (Lipinski definition) is 1. The van der Waals surface area contributed by atoms with Crippen molar-refractivity contribution < 1.29 is 18.7 Å². The second kappa shape index (κ2) is 6.56. The van der Waals surface area contributed by atoms with E-state index < -0.39 is 6.67 Å². The highest BCUT2D eigenvalue weighted by atomic mass is 19.1. The number of anilines is 1. The predicted octanol–water partition coefficient (Wildman–Crippen LogP) is 1.40. The Balaban J connectivity index is 2.23. The van der Waals surface area contributed by atoms with Gasteiger partial charge in [0.1, 0.15) is 19.0 Å². The molecule has 1 aliphatic heterocycles. The van der Waals surface area contributed by atoms with E-state index in [1.54, 1.807) is 17.0 Å². The van der Waals surface area contributed by atoms with Gasteiger partial charge in [0.2, 0.25) is 0 Å². The van der Waals surface area contributed by atoms with Crippen LogP contribution >= 0.6 is 0 Å². The monoisotopic (exact) mass is 282 g/mol. The van der Waals surface area contributed by atoms with Crippen LogP contribution in [0, 0.1) is 6.92 Å². The van der Waals surface area contributed by atoms with Gasteiger partial charge in [-0.3, -0.25) is 4.79 Å². The maximum atomic E-state index is 12.5. The summed E-state index contributed by atoms with van der Waals surface area (Å²) in [4.78, 5) is 14.2. The van der Waals surface area contributed by atoms with Crippen LogP contribution < -0.4 is 10.5 Å². The standard InChI is InChI=1S/C14H19FN2O3/c1-10-8-12(16)13(20-5-2-15)9-11(10)14(18)17-3-6-19-7-4-17/h8-9H,2-7,16H2,1H3. The van der Waals surface area contributed by atoms with Crippen LogP contribution in [0.25, 0.3) is 0 Å². The largest absolute Gasteiger partial charge is 0.489 e. The predicted molar refractivity (Wildman–Crippen MR) is 73.8 cm³/mol. The molecule has 0 aliphatic carbocycles. The van der Waals surface area contributed by atoms with E-state index >= 15 is 0 Å². The molecular formula is C14H19FN2O3. The fourth-order valence-corrected chi connectivity index (χ4v) is 2.15. The molecule has 110 valence electrons. The molecule has 0 radical (unpaired) electrons. The summed E-state index contributed by atoms with van der Waals surface area (Å²) in [6.07, 6.45) is 0. The van der Waals surface area contributed by atoms with Crippen LogP contribution in [0.3, 0.4) is 0 Å². The van der Waals surface area contributed by atoms with Crippen LogP contribution in [-0.4, -0.2) is 50.4 Å². The number of carbonyl (C=O) groups excluding carboxylic acids is 1. The number of aryl methyl sites for hydroxylation is 1. The molecule has 0 aromatic heterocycles. The molecule has 0 bridgehead atoms. The van der Waals surface area contributed by atoms with Gasteiger partial charge in [-0.05, 0) is 24.6 Å². The second-order valence-corrected chi connectivity index (χ2v) is 4.65. The van der Waals surface area contributed by atoms with Gasteiger partial charge in [0.05, 0.1) is 18.9 Å². The van der Waals surface area contributed by atoms with Crippen LogP contribution in [-0.2, 0) is 4.74 Å². The first kappa shape index (κ1) is 14.6. The van der Waals surface area contributed by atoms with Crippen molar-refractivity contribution in [1.82, 2.24) is 4.90 Å². The first-order valence-electron chi connectivity index (χ1n) is 6.59. The number of amides is 1. The van der Waals surface area contributed by atoms with Gasteiger partial charge in [-0.25, -0.2) is 4.39 Å². The number of carbonyl (C=O) groups is 1. The van der Waals surface area contributed by atoms with E-state index in [-0.39, 0.29) is 12.5 Å². The molecule has 1 amide bonds. The molecule has 1 heterocycles. The third kappa shape index (κ3) is 3.19. The summed E-state index contributed by atoms with van der Waals surface area (Å²) in [5.74, 6) is 0.278. The van der Waals surface area contributed by atoms with Crippen molar-refractivity contribution in [2.75, 3.05) is 45.3 Å². The van der Waals surface area contributed by atoms with E-state index in [1.807, 2.05) is 6.92 Å². The number of nitrogens with zero attached hydrogens (tertiary/aromatic N) is 1. The lowest BCUT2D eigenvalue weighted by atomic mass is 10.1. The van der Waals surface area contributed by atoms with Gasteiger partial charge in [0, 0.05) is 18.7 Å². The van der Waals surface area contributed by atoms with Crippen molar-refractivity contribution in [1.29, 1.82) is 0 Å². The molecule has 0 atom stereocenters. The van der Waals surface area contributed by atoms with Crippen LogP contribution in [0.5, 0.6) is 5.75 Å². The Hall–Kier alpha value is -1.82. The second-order valence-electron chi connectivity index (χ2n) is 4.65. The van der Waals surface area contributed by atoms with Gasteiger partial charge in [0.25, 0.3) is 5.91 Å². The lowest BCUT2D eigenvalue weighted by molar-refractivity contribution is 0.0302. The molecule has 20 heavy (non-hydrogen) atoms. The minimum Gasteiger partial charge on any atom is -0.489 e. The van der Waals surface area contributed by atoms with Gasteiger partial charge in [-0.2, -0.15) is 0 Å². The smallest absolute Gasteiger partial charge is 0.254 e. The molecule has 1 aliphatic rings. The van der Waals surface area contributed by atoms with E-state index in [2.05, 4.69) is 0 Å². The zero-order chi connectivity index (χ0) is 14.5. The molecule has 1 aromatic carbocycles. The number of halogens is 1. The minimum absolute atomic E-state index is 0.0710. The van der Waals surface area contributed by atoms with E-state index in [0.717, 1.165) is 5.56 Å². The van der Waals surface area contributed by atoms with Crippen molar-refractivity contribution in [3.05, 3.63) is 23.3 Å². The van der Waals surface area contributed by atoms with Crippen molar-refractivity contribution in [2.24, 2.45) is 0 Å². The Bertz CT molecular complexity index is 488. The first-order valence-corrected chi connectivity index (χ1v) is 6.59. The zero-order valence-corrected chi connectivity index (χ0v) is 11.5. The maximum absolute atomic E-state index is 12.5. The van der Waals surface area contributed by atoms with Crippen molar-refractivity contribution >= 4 is 11.6 Å². The normalized spacial score (nSPS) is 15.2. The van der Waals surface area contributed by atoms with Crippen LogP contribution in [0.2, 0.25) is 0 Å². The van der Waals surface area contributed by atoms with Crippen molar-refractivity contribution in [3.8, 4) is 5.75 Å².